The van der Waals surface area contributed by atoms with Crippen molar-refractivity contribution in [3.05, 3.63) is 62.7 Å². The standard InChI is InChI=1S/C18H15NO3S2/c1-10-3-4-12(7-11(10)2)14-9-24-17(15(14)18(21)22)19-16(20)13-5-6-23-8-13/h3-9H,1-2H3,(H,19,20)(H,21,22). The first kappa shape index (κ1) is 16.4. The predicted octanol–water partition coefficient (Wildman–Crippen LogP) is 5.04. The first-order valence-electron chi connectivity index (χ1n) is 7.23. The molecule has 6 heteroatoms. The molecule has 122 valence electrons. The second kappa shape index (κ2) is 6.59. The van der Waals surface area contributed by atoms with Crippen LogP contribution in [0.25, 0.3) is 11.1 Å². The summed E-state index contributed by atoms with van der Waals surface area (Å²) in [6, 6.07) is 7.55. The molecule has 4 nitrogen and oxygen atoms in total. The number of anilines is 1. The van der Waals surface area contributed by atoms with Crippen LogP contribution in [0.15, 0.2) is 40.4 Å². The van der Waals surface area contributed by atoms with Crippen molar-refractivity contribution in [2.45, 2.75) is 13.8 Å². The monoisotopic (exact) mass is 357 g/mol. The molecule has 3 rings (SSSR count). The van der Waals surface area contributed by atoms with E-state index in [0.29, 0.717) is 16.1 Å². The van der Waals surface area contributed by atoms with E-state index in [1.165, 1.54) is 22.7 Å². The average Bonchev–Trinajstić information content (AvgIpc) is 3.19. The molecule has 0 spiro atoms. The smallest absolute Gasteiger partial charge is 0.339 e. The molecule has 2 heterocycles. The number of hydrogen-bond acceptors (Lipinski definition) is 4. The van der Waals surface area contributed by atoms with E-state index in [1.807, 2.05) is 37.4 Å². The second-order valence-corrected chi connectivity index (χ2v) is 7.08. The Labute approximate surface area is 147 Å². The van der Waals surface area contributed by atoms with Crippen molar-refractivity contribution in [3.8, 4) is 11.1 Å². The highest BCUT2D eigenvalue weighted by Gasteiger charge is 2.21. The van der Waals surface area contributed by atoms with Crippen molar-refractivity contribution in [1.29, 1.82) is 0 Å². The van der Waals surface area contributed by atoms with Crippen molar-refractivity contribution in [3.63, 3.8) is 0 Å². The summed E-state index contributed by atoms with van der Waals surface area (Å²) in [4.78, 5) is 24.0. The van der Waals surface area contributed by atoms with Gasteiger partial charge in [0.05, 0.1) is 5.56 Å². The van der Waals surface area contributed by atoms with Crippen LogP contribution in [-0.4, -0.2) is 17.0 Å². The Kier molecular flexibility index (Phi) is 4.51. The summed E-state index contributed by atoms with van der Waals surface area (Å²) in [5.74, 6) is -1.35. The van der Waals surface area contributed by atoms with Gasteiger partial charge in [-0.05, 0) is 42.0 Å². The molecule has 0 aliphatic rings. The Bertz CT molecular complexity index is 910. The van der Waals surface area contributed by atoms with Crippen LogP contribution < -0.4 is 5.32 Å². The van der Waals surface area contributed by atoms with Crippen LogP contribution in [0, 0.1) is 13.8 Å². The number of carbonyl (C=O) groups is 2. The zero-order valence-corrected chi connectivity index (χ0v) is 14.8. The van der Waals surface area contributed by atoms with Crippen LogP contribution in [-0.2, 0) is 0 Å². The highest BCUT2D eigenvalue weighted by Crippen LogP contribution is 2.36. The summed E-state index contributed by atoms with van der Waals surface area (Å²) in [7, 11) is 0. The molecule has 0 atom stereocenters. The molecule has 3 aromatic rings. The maximum atomic E-state index is 12.2. The number of nitrogens with one attached hydrogen (secondary N) is 1. The van der Waals surface area contributed by atoms with Crippen LogP contribution in [0.2, 0.25) is 0 Å². The van der Waals surface area contributed by atoms with E-state index in [2.05, 4.69) is 5.32 Å². The molecule has 1 amide bonds. The zero-order valence-electron chi connectivity index (χ0n) is 13.1. The zero-order chi connectivity index (χ0) is 17.3. The Morgan fingerprint density at radius 3 is 2.50 bits per heavy atom. The van der Waals surface area contributed by atoms with Gasteiger partial charge in [0.1, 0.15) is 10.6 Å². The maximum Gasteiger partial charge on any atom is 0.339 e. The van der Waals surface area contributed by atoms with Gasteiger partial charge in [-0.2, -0.15) is 11.3 Å². The number of carbonyl (C=O) groups excluding carboxylic acids is 1. The summed E-state index contributed by atoms with van der Waals surface area (Å²) < 4.78 is 0. The number of benzene rings is 1. The van der Waals surface area contributed by atoms with E-state index in [4.69, 9.17) is 0 Å². The molecule has 0 bridgehead atoms. The molecular weight excluding hydrogens is 342 g/mol. The van der Waals surface area contributed by atoms with Crippen molar-refractivity contribution in [2.75, 3.05) is 5.32 Å². The quantitative estimate of drug-likeness (QED) is 0.687. The van der Waals surface area contributed by atoms with Crippen LogP contribution in [0.4, 0.5) is 5.00 Å². The van der Waals surface area contributed by atoms with Gasteiger partial charge in [-0.15, -0.1) is 11.3 Å². The predicted molar refractivity (Wildman–Crippen MR) is 98.5 cm³/mol. The summed E-state index contributed by atoms with van der Waals surface area (Å²) in [5, 5.41) is 18.0. The summed E-state index contributed by atoms with van der Waals surface area (Å²) >= 11 is 2.65. The molecule has 2 N–H and O–H groups in total. The van der Waals surface area contributed by atoms with Crippen LogP contribution >= 0.6 is 22.7 Å². The lowest BCUT2D eigenvalue weighted by atomic mass is 9.99. The van der Waals surface area contributed by atoms with Gasteiger partial charge in [0.15, 0.2) is 0 Å². The first-order valence-corrected chi connectivity index (χ1v) is 9.05. The van der Waals surface area contributed by atoms with Gasteiger partial charge >= 0.3 is 5.97 Å². The Hall–Kier alpha value is -2.44. The number of carboxylic acid groups (broad SMARTS) is 1. The first-order chi connectivity index (χ1) is 11.5. The van der Waals surface area contributed by atoms with Gasteiger partial charge in [0.2, 0.25) is 0 Å². The number of thiophene rings is 2. The molecule has 0 aliphatic heterocycles. The number of amides is 1. The number of aryl methyl sites for hydroxylation is 2. The lowest BCUT2D eigenvalue weighted by molar-refractivity contribution is 0.0699. The highest BCUT2D eigenvalue weighted by atomic mass is 32.1. The normalized spacial score (nSPS) is 10.6. The minimum absolute atomic E-state index is 0.131. The van der Waals surface area contributed by atoms with E-state index in [0.717, 1.165) is 16.7 Å². The fraction of sp³-hybridized carbons (Fsp3) is 0.111. The third kappa shape index (κ3) is 3.11. The fourth-order valence-corrected chi connectivity index (χ4v) is 3.94. The molecule has 0 fully saturated rings. The summed E-state index contributed by atoms with van der Waals surface area (Å²) in [5.41, 5.74) is 4.36. The van der Waals surface area contributed by atoms with Crippen LogP contribution in [0.5, 0.6) is 0 Å². The maximum absolute atomic E-state index is 12.2. The molecule has 2 aromatic heterocycles. The third-order valence-corrected chi connectivity index (χ3v) is 5.41. The number of aromatic carboxylic acids is 1. The van der Waals surface area contributed by atoms with E-state index in [-0.39, 0.29) is 11.5 Å². The van der Waals surface area contributed by atoms with Crippen molar-refractivity contribution < 1.29 is 14.7 Å². The Balaban J connectivity index is 2.00. The Morgan fingerprint density at radius 1 is 1.08 bits per heavy atom. The Morgan fingerprint density at radius 2 is 1.88 bits per heavy atom. The molecule has 0 unspecified atom stereocenters. The molecule has 0 aliphatic carbocycles. The molecule has 0 saturated heterocycles. The van der Waals surface area contributed by atoms with Gasteiger partial charge in [-0.3, -0.25) is 4.79 Å². The largest absolute Gasteiger partial charge is 0.478 e. The van der Waals surface area contributed by atoms with Gasteiger partial charge in [-0.25, -0.2) is 4.79 Å². The fourth-order valence-electron chi connectivity index (χ4n) is 2.35. The highest BCUT2D eigenvalue weighted by molar-refractivity contribution is 7.15. The molecule has 1 aromatic carbocycles. The lowest BCUT2D eigenvalue weighted by Crippen LogP contribution is -2.12. The van der Waals surface area contributed by atoms with E-state index in [1.54, 1.807) is 16.8 Å². The van der Waals surface area contributed by atoms with Crippen molar-refractivity contribution in [2.24, 2.45) is 0 Å². The van der Waals surface area contributed by atoms with Crippen LogP contribution in [0.1, 0.15) is 31.8 Å². The van der Waals surface area contributed by atoms with E-state index < -0.39 is 5.97 Å². The van der Waals surface area contributed by atoms with Crippen molar-refractivity contribution in [1.82, 2.24) is 0 Å². The molecule has 0 saturated carbocycles. The number of rotatable bonds is 4. The number of hydrogen-bond donors (Lipinski definition) is 2. The third-order valence-electron chi connectivity index (χ3n) is 3.83. The van der Waals surface area contributed by atoms with Gasteiger partial charge in [0.25, 0.3) is 5.91 Å². The molecular formula is C18H15NO3S2. The van der Waals surface area contributed by atoms with E-state index in [9.17, 15) is 14.7 Å². The van der Waals surface area contributed by atoms with Gasteiger partial charge < -0.3 is 10.4 Å². The second-order valence-electron chi connectivity index (χ2n) is 5.42. The summed E-state index contributed by atoms with van der Waals surface area (Å²) in [6.45, 7) is 4.00. The van der Waals surface area contributed by atoms with Crippen LogP contribution in [0.3, 0.4) is 0 Å². The molecule has 0 radical (unpaired) electrons. The minimum Gasteiger partial charge on any atom is -0.478 e. The van der Waals surface area contributed by atoms with Crippen molar-refractivity contribution >= 4 is 39.6 Å². The SMILES string of the molecule is Cc1ccc(-c2csc(NC(=O)c3ccsc3)c2C(=O)O)cc1C. The minimum atomic E-state index is -1.05. The molecule has 24 heavy (non-hydrogen) atoms. The van der Waals surface area contributed by atoms with Gasteiger partial charge in [-0.1, -0.05) is 18.2 Å². The average molecular weight is 357 g/mol. The topological polar surface area (TPSA) is 66.4 Å². The lowest BCUT2D eigenvalue weighted by Gasteiger charge is -2.07. The number of carboxylic acids is 1. The van der Waals surface area contributed by atoms with E-state index >= 15 is 0 Å². The van der Waals surface area contributed by atoms with Gasteiger partial charge in [0, 0.05) is 16.3 Å². The summed E-state index contributed by atoms with van der Waals surface area (Å²) in [6.07, 6.45) is 0.